The van der Waals surface area contributed by atoms with Crippen LogP contribution in [-0.4, -0.2) is 36.1 Å². The highest BCUT2D eigenvalue weighted by molar-refractivity contribution is 5.85. The fourth-order valence-electron chi connectivity index (χ4n) is 3.43. The van der Waals surface area contributed by atoms with Crippen LogP contribution in [0.2, 0.25) is 0 Å². The Morgan fingerprint density at radius 1 is 1.32 bits per heavy atom. The number of piperidine rings is 1. The molecule has 4 heteroatoms. The van der Waals surface area contributed by atoms with Crippen LogP contribution in [0.25, 0.3) is 0 Å². The lowest BCUT2D eigenvalue weighted by Crippen LogP contribution is -2.38. The lowest BCUT2D eigenvalue weighted by atomic mass is 9.78. The molecule has 0 aromatic carbocycles. The van der Waals surface area contributed by atoms with E-state index in [1.807, 2.05) is 12.4 Å². The second-order valence-electron chi connectivity index (χ2n) is 6.01. The summed E-state index contributed by atoms with van der Waals surface area (Å²) in [6.07, 6.45) is 8.01. The smallest absolute Gasteiger partial charge is 0.0315 e. The molecule has 106 valence electrons. The Morgan fingerprint density at radius 3 is 2.84 bits per heavy atom. The summed E-state index contributed by atoms with van der Waals surface area (Å²) in [5, 5.41) is 3.48. The maximum atomic E-state index is 4.25. The van der Waals surface area contributed by atoms with Gasteiger partial charge in [-0.3, -0.25) is 9.88 Å². The molecule has 2 saturated heterocycles. The molecule has 2 aliphatic rings. The number of hydrogen-bond acceptors (Lipinski definition) is 3. The summed E-state index contributed by atoms with van der Waals surface area (Å²) >= 11 is 0. The van der Waals surface area contributed by atoms with Crippen LogP contribution in [0.15, 0.2) is 18.5 Å². The van der Waals surface area contributed by atoms with Crippen molar-refractivity contribution in [1.29, 1.82) is 0 Å². The van der Waals surface area contributed by atoms with E-state index in [1.165, 1.54) is 56.6 Å². The summed E-state index contributed by atoms with van der Waals surface area (Å²) < 4.78 is 0. The first kappa shape index (κ1) is 14.8. The maximum absolute atomic E-state index is 4.25. The standard InChI is InChI=1S/C15H23N3.ClH/c1-13-2-6-17-10-14(13)11-18-9-5-15(12-18)3-7-16-8-4-15;/h2,6,10,16H,3-5,7-9,11-12H2,1H3;1H. The number of aryl methyl sites for hydroxylation is 1. The lowest BCUT2D eigenvalue weighted by Gasteiger charge is -2.34. The number of halogens is 1. The fourth-order valence-corrected chi connectivity index (χ4v) is 3.43. The van der Waals surface area contributed by atoms with Gasteiger partial charge in [0.05, 0.1) is 0 Å². The molecule has 3 rings (SSSR count). The molecule has 0 amide bonds. The monoisotopic (exact) mass is 281 g/mol. The van der Waals surface area contributed by atoms with Crippen molar-refractivity contribution in [2.75, 3.05) is 26.2 Å². The van der Waals surface area contributed by atoms with Gasteiger partial charge in [0.15, 0.2) is 0 Å². The molecule has 1 aromatic rings. The van der Waals surface area contributed by atoms with Gasteiger partial charge in [0.25, 0.3) is 0 Å². The Hall–Kier alpha value is -0.640. The van der Waals surface area contributed by atoms with Gasteiger partial charge in [-0.15, -0.1) is 12.4 Å². The number of rotatable bonds is 2. The zero-order valence-corrected chi connectivity index (χ0v) is 12.5. The maximum Gasteiger partial charge on any atom is 0.0315 e. The Labute approximate surface area is 122 Å². The van der Waals surface area contributed by atoms with Gasteiger partial charge in [0.2, 0.25) is 0 Å². The van der Waals surface area contributed by atoms with Crippen molar-refractivity contribution in [2.45, 2.75) is 32.7 Å². The predicted molar refractivity (Wildman–Crippen MR) is 80.7 cm³/mol. The van der Waals surface area contributed by atoms with Crippen molar-refractivity contribution in [3.8, 4) is 0 Å². The van der Waals surface area contributed by atoms with Gasteiger partial charge >= 0.3 is 0 Å². The summed E-state index contributed by atoms with van der Waals surface area (Å²) in [7, 11) is 0. The van der Waals surface area contributed by atoms with Gasteiger partial charge < -0.3 is 5.32 Å². The van der Waals surface area contributed by atoms with Crippen LogP contribution in [0.1, 0.15) is 30.4 Å². The summed E-state index contributed by atoms with van der Waals surface area (Å²) in [5.74, 6) is 0. The average molecular weight is 282 g/mol. The number of hydrogen-bond donors (Lipinski definition) is 1. The second-order valence-corrected chi connectivity index (χ2v) is 6.01. The average Bonchev–Trinajstić information content (AvgIpc) is 2.76. The van der Waals surface area contributed by atoms with Crippen molar-refractivity contribution < 1.29 is 0 Å². The molecule has 1 N–H and O–H groups in total. The summed E-state index contributed by atoms with van der Waals surface area (Å²) in [4.78, 5) is 6.88. The van der Waals surface area contributed by atoms with E-state index in [4.69, 9.17) is 0 Å². The molecule has 2 fully saturated rings. The summed E-state index contributed by atoms with van der Waals surface area (Å²) in [6.45, 7) is 8.22. The molecular formula is C15H24ClN3. The highest BCUT2D eigenvalue weighted by atomic mass is 35.5. The van der Waals surface area contributed by atoms with Crippen molar-refractivity contribution >= 4 is 12.4 Å². The first-order valence-corrected chi connectivity index (χ1v) is 7.10. The molecule has 0 unspecified atom stereocenters. The zero-order chi connectivity index (χ0) is 12.4. The van der Waals surface area contributed by atoms with Crippen molar-refractivity contribution in [1.82, 2.24) is 15.2 Å². The van der Waals surface area contributed by atoms with Crippen LogP contribution < -0.4 is 5.32 Å². The fraction of sp³-hybridized carbons (Fsp3) is 0.667. The summed E-state index contributed by atoms with van der Waals surface area (Å²) in [5.41, 5.74) is 3.38. The number of nitrogens with one attached hydrogen (secondary N) is 1. The molecule has 0 atom stereocenters. The van der Waals surface area contributed by atoms with E-state index in [1.54, 1.807) is 0 Å². The Kier molecular flexibility index (Phi) is 4.82. The second kappa shape index (κ2) is 6.21. The van der Waals surface area contributed by atoms with Gasteiger partial charge in [0, 0.05) is 25.5 Å². The van der Waals surface area contributed by atoms with Crippen LogP contribution in [0, 0.1) is 12.3 Å². The minimum absolute atomic E-state index is 0. The topological polar surface area (TPSA) is 28.2 Å². The minimum Gasteiger partial charge on any atom is -0.317 e. The van der Waals surface area contributed by atoms with E-state index in [2.05, 4.69) is 28.2 Å². The van der Waals surface area contributed by atoms with Crippen LogP contribution in [-0.2, 0) is 6.54 Å². The highest BCUT2D eigenvalue weighted by Crippen LogP contribution is 2.39. The predicted octanol–water partition coefficient (Wildman–Crippen LogP) is 2.39. The van der Waals surface area contributed by atoms with Gasteiger partial charge in [-0.25, -0.2) is 0 Å². The van der Waals surface area contributed by atoms with Crippen LogP contribution in [0.4, 0.5) is 0 Å². The molecule has 3 nitrogen and oxygen atoms in total. The Balaban J connectivity index is 0.00000133. The lowest BCUT2D eigenvalue weighted by molar-refractivity contribution is 0.194. The molecule has 3 heterocycles. The molecule has 19 heavy (non-hydrogen) atoms. The molecule has 0 aliphatic carbocycles. The van der Waals surface area contributed by atoms with E-state index < -0.39 is 0 Å². The van der Waals surface area contributed by atoms with E-state index in [9.17, 15) is 0 Å². The normalized spacial score (nSPS) is 22.4. The van der Waals surface area contributed by atoms with Crippen molar-refractivity contribution in [3.63, 3.8) is 0 Å². The first-order valence-electron chi connectivity index (χ1n) is 7.10. The van der Waals surface area contributed by atoms with Crippen LogP contribution >= 0.6 is 12.4 Å². The number of likely N-dealkylation sites (tertiary alicyclic amines) is 1. The van der Waals surface area contributed by atoms with Crippen molar-refractivity contribution in [3.05, 3.63) is 29.6 Å². The largest absolute Gasteiger partial charge is 0.317 e. The van der Waals surface area contributed by atoms with Crippen LogP contribution in [0.3, 0.4) is 0 Å². The third-order valence-corrected chi connectivity index (χ3v) is 4.72. The molecular weight excluding hydrogens is 258 g/mol. The van der Waals surface area contributed by atoms with E-state index in [-0.39, 0.29) is 12.4 Å². The molecule has 0 radical (unpaired) electrons. The van der Waals surface area contributed by atoms with Crippen molar-refractivity contribution in [2.24, 2.45) is 5.41 Å². The number of nitrogens with zero attached hydrogens (tertiary/aromatic N) is 2. The van der Waals surface area contributed by atoms with Gasteiger partial charge in [-0.1, -0.05) is 0 Å². The van der Waals surface area contributed by atoms with Gasteiger partial charge in [-0.2, -0.15) is 0 Å². The van der Waals surface area contributed by atoms with E-state index in [0.29, 0.717) is 5.41 Å². The summed E-state index contributed by atoms with van der Waals surface area (Å²) in [6, 6.07) is 2.12. The molecule has 0 bridgehead atoms. The minimum atomic E-state index is 0. The quantitative estimate of drug-likeness (QED) is 0.902. The molecule has 1 aromatic heterocycles. The Morgan fingerprint density at radius 2 is 2.11 bits per heavy atom. The zero-order valence-electron chi connectivity index (χ0n) is 11.7. The van der Waals surface area contributed by atoms with Gasteiger partial charge in [0.1, 0.15) is 0 Å². The SMILES string of the molecule is Cc1ccncc1CN1CCC2(CCNCC2)C1.Cl. The van der Waals surface area contributed by atoms with E-state index >= 15 is 0 Å². The van der Waals surface area contributed by atoms with Gasteiger partial charge in [-0.05, 0) is 68.4 Å². The third-order valence-electron chi connectivity index (χ3n) is 4.72. The first-order chi connectivity index (χ1) is 8.77. The van der Waals surface area contributed by atoms with Crippen LogP contribution in [0.5, 0.6) is 0 Å². The highest BCUT2D eigenvalue weighted by Gasteiger charge is 2.38. The number of pyridine rings is 1. The number of aromatic nitrogens is 1. The third kappa shape index (κ3) is 3.28. The molecule has 0 saturated carbocycles. The van der Waals surface area contributed by atoms with E-state index in [0.717, 1.165) is 6.54 Å². The molecule has 2 aliphatic heterocycles. The Bertz CT molecular complexity index is 416. The molecule has 1 spiro atoms.